The monoisotopic (exact) mass is 248 g/mol. The van der Waals surface area contributed by atoms with E-state index >= 15 is 0 Å². The van der Waals surface area contributed by atoms with Gasteiger partial charge in [0.2, 0.25) is 0 Å². The van der Waals surface area contributed by atoms with Crippen molar-refractivity contribution in [2.45, 2.75) is 57.9 Å². The number of nitrogens with two attached hydrogens (primary N) is 1. The summed E-state index contributed by atoms with van der Waals surface area (Å²) in [5.41, 5.74) is 3.25. The van der Waals surface area contributed by atoms with Gasteiger partial charge in [0.25, 0.3) is 0 Å². The van der Waals surface area contributed by atoms with Crippen LogP contribution in [0.1, 0.15) is 51.9 Å². The lowest BCUT2D eigenvalue weighted by Crippen LogP contribution is -2.45. The van der Waals surface area contributed by atoms with Gasteiger partial charge in [0.1, 0.15) is 0 Å². The van der Waals surface area contributed by atoms with Crippen LogP contribution in [-0.2, 0) is 0 Å². The lowest BCUT2D eigenvalue weighted by Gasteiger charge is -2.33. The van der Waals surface area contributed by atoms with Gasteiger partial charge in [-0.2, -0.15) is 0 Å². The lowest BCUT2D eigenvalue weighted by molar-refractivity contribution is 0.197. The minimum atomic E-state index is 0.649. The Kier molecular flexibility index (Phi) is 2.74. The highest BCUT2D eigenvalue weighted by molar-refractivity contribution is 5.16. The molecule has 4 saturated carbocycles. The molecule has 0 aromatic heterocycles. The van der Waals surface area contributed by atoms with Crippen LogP contribution in [0.3, 0.4) is 0 Å². The third-order valence-corrected chi connectivity index (χ3v) is 6.97. The summed E-state index contributed by atoms with van der Waals surface area (Å²) in [6, 6.07) is 0.649. The molecule has 3 N–H and O–H groups in total. The molecule has 0 amide bonds. The SMILES string of the molecule is CC1CCC(C(NN)C2C3C4CCC(C4)C32)CC1. The minimum absolute atomic E-state index is 0.649. The fraction of sp³-hybridized carbons (Fsp3) is 1.00. The zero-order chi connectivity index (χ0) is 12.3. The lowest BCUT2D eigenvalue weighted by atomic mass is 9.76. The molecular formula is C16H28N2. The summed E-state index contributed by atoms with van der Waals surface area (Å²) >= 11 is 0. The second kappa shape index (κ2) is 4.21. The Morgan fingerprint density at radius 3 is 2.11 bits per heavy atom. The summed E-state index contributed by atoms with van der Waals surface area (Å²) in [6.45, 7) is 2.41. The van der Waals surface area contributed by atoms with Crippen LogP contribution in [0, 0.1) is 41.4 Å². The van der Waals surface area contributed by atoms with Crippen molar-refractivity contribution in [3.63, 3.8) is 0 Å². The van der Waals surface area contributed by atoms with Gasteiger partial charge in [-0.25, -0.2) is 0 Å². The predicted molar refractivity (Wildman–Crippen MR) is 73.5 cm³/mol. The highest BCUT2D eigenvalue weighted by Gasteiger charge is 2.67. The van der Waals surface area contributed by atoms with Crippen LogP contribution in [0.4, 0.5) is 0 Å². The molecule has 0 aliphatic heterocycles. The van der Waals surface area contributed by atoms with Crippen LogP contribution in [-0.4, -0.2) is 6.04 Å². The van der Waals surface area contributed by atoms with Crippen molar-refractivity contribution < 1.29 is 0 Å². The first kappa shape index (κ1) is 11.7. The Morgan fingerprint density at radius 2 is 1.56 bits per heavy atom. The van der Waals surface area contributed by atoms with Crippen molar-refractivity contribution in [3.8, 4) is 0 Å². The van der Waals surface area contributed by atoms with Gasteiger partial charge < -0.3 is 0 Å². The average molecular weight is 248 g/mol. The maximum absolute atomic E-state index is 5.94. The Hall–Kier alpha value is -0.0800. The van der Waals surface area contributed by atoms with Crippen molar-refractivity contribution in [1.29, 1.82) is 0 Å². The van der Waals surface area contributed by atoms with Crippen LogP contribution in [0.5, 0.6) is 0 Å². The maximum Gasteiger partial charge on any atom is 0.0272 e. The van der Waals surface area contributed by atoms with Gasteiger partial charge in [0, 0.05) is 6.04 Å². The number of nitrogens with one attached hydrogen (secondary N) is 1. The molecule has 4 aliphatic rings. The van der Waals surface area contributed by atoms with Crippen LogP contribution in [0.15, 0.2) is 0 Å². The van der Waals surface area contributed by atoms with Crippen LogP contribution >= 0.6 is 0 Å². The van der Waals surface area contributed by atoms with Gasteiger partial charge in [-0.05, 0) is 73.5 Å². The average Bonchev–Trinajstić information content (AvgIpc) is 2.81. The molecule has 5 atom stereocenters. The summed E-state index contributed by atoms with van der Waals surface area (Å²) in [7, 11) is 0. The number of hydrogen-bond acceptors (Lipinski definition) is 2. The molecule has 2 nitrogen and oxygen atoms in total. The molecule has 4 rings (SSSR count). The first-order valence-corrected chi connectivity index (χ1v) is 8.25. The number of rotatable bonds is 3. The molecule has 0 saturated heterocycles. The van der Waals surface area contributed by atoms with E-state index in [0.717, 1.165) is 41.4 Å². The van der Waals surface area contributed by atoms with Crippen LogP contribution < -0.4 is 11.3 Å². The van der Waals surface area contributed by atoms with E-state index in [9.17, 15) is 0 Å². The van der Waals surface area contributed by atoms with Crippen LogP contribution in [0.2, 0.25) is 0 Å². The molecule has 0 aromatic rings. The molecule has 0 aromatic carbocycles. The predicted octanol–water partition coefficient (Wildman–Crippen LogP) is 2.94. The van der Waals surface area contributed by atoms with Gasteiger partial charge in [-0.3, -0.25) is 11.3 Å². The van der Waals surface area contributed by atoms with Gasteiger partial charge in [0.15, 0.2) is 0 Å². The third kappa shape index (κ3) is 1.61. The molecular weight excluding hydrogens is 220 g/mol. The zero-order valence-electron chi connectivity index (χ0n) is 11.6. The summed E-state index contributed by atoms with van der Waals surface area (Å²) < 4.78 is 0. The van der Waals surface area contributed by atoms with Gasteiger partial charge in [0.05, 0.1) is 0 Å². The minimum Gasteiger partial charge on any atom is -0.271 e. The Balaban J connectivity index is 1.44. The van der Waals surface area contributed by atoms with Crippen molar-refractivity contribution in [2.24, 2.45) is 47.3 Å². The van der Waals surface area contributed by atoms with Crippen molar-refractivity contribution >= 4 is 0 Å². The second-order valence-corrected chi connectivity index (χ2v) is 7.78. The van der Waals surface area contributed by atoms with E-state index in [-0.39, 0.29) is 0 Å². The number of hydrazine groups is 1. The summed E-state index contributed by atoms with van der Waals surface area (Å²) in [5.74, 6) is 13.1. The highest BCUT2D eigenvalue weighted by Crippen LogP contribution is 2.71. The molecule has 2 heteroatoms. The Morgan fingerprint density at radius 1 is 0.944 bits per heavy atom. The van der Waals surface area contributed by atoms with Gasteiger partial charge >= 0.3 is 0 Å². The fourth-order valence-electron chi connectivity index (χ4n) is 6.08. The number of hydrogen-bond donors (Lipinski definition) is 2. The molecule has 0 radical (unpaired) electrons. The third-order valence-electron chi connectivity index (χ3n) is 6.97. The molecule has 102 valence electrons. The Labute approximate surface area is 111 Å². The van der Waals surface area contributed by atoms with E-state index in [2.05, 4.69) is 12.3 Å². The summed E-state index contributed by atoms with van der Waals surface area (Å²) in [6.07, 6.45) is 10.3. The van der Waals surface area contributed by atoms with Crippen molar-refractivity contribution in [3.05, 3.63) is 0 Å². The van der Waals surface area contributed by atoms with Crippen molar-refractivity contribution in [2.75, 3.05) is 0 Å². The zero-order valence-corrected chi connectivity index (χ0v) is 11.6. The summed E-state index contributed by atoms with van der Waals surface area (Å²) in [4.78, 5) is 0. The van der Waals surface area contributed by atoms with E-state index < -0.39 is 0 Å². The highest BCUT2D eigenvalue weighted by atomic mass is 15.2. The van der Waals surface area contributed by atoms with Crippen LogP contribution in [0.25, 0.3) is 0 Å². The van der Waals surface area contributed by atoms with Gasteiger partial charge in [-0.1, -0.05) is 19.8 Å². The second-order valence-electron chi connectivity index (χ2n) is 7.78. The molecule has 0 heterocycles. The van der Waals surface area contributed by atoms with E-state index in [4.69, 9.17) is 5.84 Å². The molecule has 2 bridgehead atoms. The quantitative estimate of drug-likeness (QED) is 0.595. The van der Waals surface area contributed by atoms with Crippen molar-refractivity contribution in [1.82, 2.24) is 5.43 Å². The molecule has 5 unspecified atom stereocenters. The normalized spacial score (nSPS) is 55.3. The molecule has 18 heavy (non-hydrogen) atoms. The van der Waals surface area contributed by atoms with E-state index in [1.807, 2.05) is 0 Å². The topological polar surface area (TPSA) is 38.0 Å². The fourth-order valence-corrected chi connectivity index (χ4v) is 6.08. The van der Waals surface area contributed by atoms with Gasteiger partial charge in [-0.15, -0.1) is 0 Å². The smallest absolute Gasteiger partial charge is 0.0272 e. The largest absolute Gasteiger partial charge is 0.271 e. The molecule has 0 spiro atoms. The van der Waals surface area contributed by atoms with E-state index in [1.165, 1.54) is 38.5 Å². The summed E-state index contributed by atoms with van der Waals surface area (Å²) in [5, 5.41) is 0. The van der Waals surface area contributed by atoms with E-state index in [1.54, 1.807) is 6.42 Å². The maximum atomic E-state index is 5.94. The first-order chi connectivity index (χ1) is 8.79. The number of fused-ring (bicyclic) bond motifs is 5. The Bertz CT molecular complexity index is 305. The molecule has 4 fully saturated rings. The standard InChI is InChI=1S/C16H28N2/c1-9-2-4-10(5-3-9)16(18-17)15-13-11-6-7-12(8-11)14(13)15/h9-16,18H,2-8,17H2,1H3. The first-order valence-electron chi connectivity index (χ1n) is 8.25. The van der Waals surface area contributed by atoms with E-state index in [0.29, 0.717) is 6.04 Å². The molecule has 4 aliphatic carbocycles.